The number of hydrogen-bond acceptors (Lipinski definition) is 16. The number of cyclic esters (lactones) is 1. The fourth-order valence-corrected chi connectivity index (χ4v) is 9.30. The van der Waals surface area contributed by atoms with E-state index in [0.29, 0.717) is 13.0 Å². The third kappa shape index (κ3) is 11.8. The van der Waals surface area contributed by atoms with E-state index in [0.717, 1.165) is 0 Å². The molecule has 3 aliphatic rings. The van der Waals surface area contributed by atoms with Gasteiger partial charge in [0.1, 0.15) is 30.0 Å². The van der Waals surface area contributed by atoms with Crippen molar-refractivity contribution in [2.75, 3.05) is 34.3 Å². The molecule has 3 fully saturated rings. The highest BCUT2D eigenvalue weighted by Crippen LogP contribution is 2.40. The molecule has 0 radical (unpaired) electrons. The minimum Gasteiger partial charge on any atom is -0.459 e. The Kier molecular flexibility index (Phi) is 17.8. The third-order valence-electron chi connectivity index (χ3n) is 12.9. The predicted octanol–water partition coefficient (Wildman–Crippen LogP) is 1.55. The topological polar surface area (TPSA) is 224 Å². The van der Waals surface area contributed by atoms with Gasteiger partial charge in [-0.25, -0.2) is 0 Å². The van der Waals surface area contributed by atoms with Crippen molar-refractivity contribution >= 4 is 5.97 Å². The zero-order valence-electron chi connectivity index (χ0n) is 36.6. The molecule has 0 amide bonds. The van der Waals surface area contributed by atoms with Crippen LogP contribution in [0.4, 0.5) is 0 Å². The maximum absolute atomic E-state index is 14.3. The van der Waals surface area contributed by atoms with Crippen LogP contribution in [0.15, 0.2) is 0 Å². The summed E-state index contributed by atoms with van der Waals surface area (Å²) in [6.07, 6.45) is -10.4. The summed E-state index contributed by atoms with van der Waals surface area (Å²) in [5.74, 6) is -2.83. The van der Waals surface area contributed by atoms with Crippen LogP contribution in [-0.4, -0.2) is 177 Å². The van der Waals surface area contributed by atoms with E-state index in [-0.39, 0.29) is 38.1 Å². The summed E-state index contributed by atoms with van der Waals surface area (Å²) < 4.78 is 37.6. The number of esters is 1. The number of likely N-dealkylation sites (N-methyl/N-ethyl adjacent to an activating group) is 2. The van der Waals surface area contributed by atoms with Crippen LogP contribution >= 0.6 is 0 Å². The number of nitrogens with zero attached hydrogens (tertiary/aromatic N) is 3. The summed E-state index contributed by atoms with van der Waals surface area (Å²) in [6, 6.07) is 0.855. The highest BCUT2D eigenvalue weighted by Gasteiger charge is 2.53. The number of carbonyl (C=O) groups is 1. The van der Waals surface area contributed by atoms with Gasteiger partial charge in [-0.05, 0) is 87.7 Å². The van der Waals surface area contributed by atoms with Crippen molar-refractivity contribution in [3.05, 3.63) is 0 Å². The van der Waals surface area contributed by atoms with Crippen LogP contribution < -0.4 is 0 Å². The molecule has 0 aromatic heterocycles. The largest absolute Gasteiger partial charge is 0.459 e. The van der Waals surface area contributed by atoms with Gasteiger partial charge in [-0.15, -0.1) is 0 Å². The van der Waals surface area contributed by atoms with Gasteiger partial charge in [-0.3, -0.25) is 9.69 Å². The van der Waals surface area contributed by atoms with Crippen LogP contribution in [0.25, 0.3) is 0 Å². The van der Waals surface area contributed by atoms with Crippen molar-refractivity contribution in [1.82, 2.24) is 9.80 Å². The Morgan fingerprint density at radius 1 is 1.02 bits per heavy atom. The van der Waals surface area contributed by atoms with Gasteiger partial charge in [0.05, 0.1) is 60.1 Å². The summed E-state index contributed by atoms with van der Waals surface area (Å²) >= 11 is 0. The lowest BCUT2D eigenvalue weighted by Crippen LogP contribution is -2.61. The van der Waals surface area contributed by atoms with Crippen molar-refractivity contribution in [1.29, 1.82) is 5.26 Å². The van der Waals surface area contributed by atoms with E-state index < -0.39 is 114 Å². The van der Waals surface area contributed by atoms with Crippen LogP contribution in [0.5, 0.6) is 0 Å². The maximum atomic E-state index is 14.3. The molecule has 3 rings (SSSR count). The minimum atomic E-state index is -1.84. The van der Waals surface area contributed by atoms with E-state index in [1.165, 1.54) is 14.0 Å². The molecule has 332 valence electrons. The summed E-state index contributed by atoms with van der Waals surface area (Å²) in [7, 11) is 5.05. The molecular weight excluding hydrogens is 742 g/mol. The molecule has 6 N–H and O–H groups in total. The van der Waals surface area contributed by atoms with E-state index in [4.69, 9.17) is 33.7 Å². The lowest BCUT2D eigenvalue weighted by molar-refractivity contribution is -0.318. The summed E-state index contributed by atoms with van der Waals surface area (Å²) in [4.78, 5) is 18.0. The molecule has 57 heavy (non-hydrogen) atoms. The Hall–Kier alpha value is -1.56. The standard InChI is InChI=1S/C41H75N3O13/c1-14-30-41(10,51)34(47)26(6)43(11)20-22(2)18-39(8,50)36(57-38-32(46)29(17-23(3)53-38)44(12)21-28(45)15-16-42)24(4)33(25(5)37(49)55-30)56-31-19-40(9,52-13)35(48)27(7)54-31/h22-36,38,45-48,50-51H,14-15,17-21H2,1-13H3/t22-,23-,24+,25-,26-,27+,28?,29?,30-,31+,32-,33+,34-,35+,36-,38+,39-,40-,41-/m1/s1. The van der Waals surface area contributed by atoms with Crippen molar-refractivity contribution in [2.45, 2.75) is 198 Å². The van der Waals surface area contributed by atoms with Crippen LogP contribution in [0.2, 0.25) is 0 Å². The van der Waals surface area contributed by atoms with Gasteiger partial charge < -0.3 is 64.0 Å². The van der Waals surface area contributed by atoms with E-state index in [9.17, 15) is 35.4 Å². The van der Waals surface area contributed by atoms with Crippen LogP contribution in [-0.2, 0) is 33.2 Å². The van der Waals surface area contributed by atoms with E-state index in [1.807, 2.05) is 31.9 Å². The Balaban J connectivity index is 2.16. The average molecular weight is 818 g/mol. The van der Waals surface area contributed by atoms with E-state index in [2.05, 4.69) is 0 Å². The molecule has 3 saturated heterocycles. The first kappa shape index (κ1) is 49.8. The monoisotopic (exact) mass is 818 g/mol. The molecular formula is C41H75N3O13. The number of methoxy groups -OCH3 is 1. The van der Waals surface area contributed by atoms with Gasteiger partial charge in [0.2, 0.25) is 0 Å². The van der Waals surface area contributed by atoms with Gasteiger partial charge >= 0.3 is 5.97 Å². The lowest BCUT2D eigenvalue weighted by atomic mass is 9.77. The molecule has 0 spiro atoms. The van der Waals surface area contributed by atoms with Crippen LogP contribution in [0.1, 0.15) is 101 Å². The second kappa shape index (κ2) is 20.3. The lowest BCUT2D eigenvalue weighted by Gasteiger charge is -2.49. The van der Waals surface area contributed by atoms with Crippen LogP contribution in [0.3, 0.4) is 0 Å². The predicted molar refractivity (Wildman–Crippen MR) is 209 cm³/mol. The molecule has 16 nitrogen and oxygen atoms in total. The molecule has 0 aromatic rings. The van der Waals surface area contributed by atoms with Gasteiger partial charge in [0.25, 0.3) is 0 Å². The summed E-state index contributed by atoms with van der Waals surface area (Å²) in [6.45, 7) is 17.8. The molecule has 0 aromatic carbocycles. The Morgan fingerprint density at radius 3 is 2.23 bits per heavy atom. The number of aliphatic hydroxyl groups excluding tert-OH is 4. The smallest absolute Gasteiger partial charge is 0.311 e. The number of nitriles is 1. The second-order valence-corrected chi connectivity index (χ2v) is 18.2. The zero-order chi connectivity index (χ0) is 43.4. The summed E-state index contributed by atoms with van der Waals surface area (Å²) in [5, 5.41) is 78.2. The van der Waals surface area contributed by atoms with Crippen molar-refractivity contribution in [3.8, 4) is 6.07 Å². The normalized spacial score (nSPS) is 46.7. The van der Waals surface area contributed by atoms with Crippen molar-refractivity contribution in [3.63, 3.8) is 0 Å². The minimum absolute atomic E-state index is 0.0722. The Morgan fingerprint density at radius 2 is 1.65 bits per heavy atom. The number of carbonyl (C=O) groups excluding carboxylic acids is 1. The number of hydrogen-bond donors (Lipinski definition) is 6. The molecule has 3 heterocycles. The first-order chi connectivity index (χ1) is 26.3. The van der Waals surface area contributed by atoms with Gasteiger partial charge in [-0.1, -0.05) is 20.8 Å². The van der Waals surface area contributed by atoms with Crippen LogP contribution in [0, 0.1) is 29.1 Å². The van der Waals surface area contributed by atoms with E-state index in [1.54, 1.807) is 60.4 Å². The zero-order valence-corrected chi connectivity index (χ0v) is 36.6. The Bertz CT molecular complexity index is 1320. The second-order valence-electron chi connectivity index (χ2n) is 18.2. The highest BCUT2D eigenvalue weighted by molar-refractivity contribution is 5.73. The quantitative estimate of drug-likeness (QED) is 0.172. The van der Waals surface area contributed by atoms with Gasteiger partial charge in [0.15, 0.2) is 12.6 Å². The summed E-state index contributed by atoms with van der Waals surface area (Å²) in [5.41, 5.74) is -4.54. The highest BCUT2D eigenvalue weighted by atomic mass is 16.7. The number of ether oxygens (including phenoxy) is 6. The fraction of sp³-hybridized carbons (Fsp3) is 0.951. The molecule has 0 saturated carbocycles. The molecule has 16 heteroatoms. The number of rotatable bonds is 10. The SMILES string of the molecule is CC[C@H]1OC(=O)[C@H](C)[C@@H](O[C@H]2C[C@@](C)(OC)[C@@H](O)[C@H](C)O2)[C@H](C)[C@@H](O[C@@H]2O[C@H](C)CC(N(C)CC(O)CC#N)[C@H]2O)[C@](C)(O)C[C@@H](C)CN(C)[C@H](C)[C@@H](O)[C@]1(C)O. The molecule has 3 aliphatic heterocycles. The van der Waals surface area contributed by atoms with Gasteiger partial charge in [-0.2, -0.15) is 5.26 Å². The third-order valence-corrected chi connectivity index (χ3v) is 12.9. The molecule has 0 bridgehead atoms. The molecule has 2 unspecified atom stereocenters. The maximum Gasteiger partial charge on any atom is 0.311 e. The molecule has 0 aliphatic carbocycles. The first-order valence-corrected chi connectivity index (χ1v) is 20.7. The first-order valence-electron chi connectivity index (χ1n) is 20.7. The Labute approximate surface area is 340 Å². The van der Waals surface area contributed by atoms with Crippen molar-refractivity contribution in [2.24, 2.45) is 17.8 Å². The average Bonchev–Trinajstić information content (AvgIpc) is 3.12. The van der Waals surface area contributed by atoms with E-state index >= 15 is 0 Å². The van der Waals surface area contributed by atoms with Gasteiger partial charge in [0, 0.05) is 44.6 Å². The number of aliphatic hydroxyl groups is 6. The molecule has 19 atom stereocenters. The fourth-order valence-electron chi connectivity index (χ4n) is 9.30. The van der Waals surface area contributed by atoms with Crippen molar-refractivity contribution < 1.29 is 63.9 Å².